The van der Waals surface area contributed by atoms with Gasteiger partial charge in [-0.05, 0) is 19.8 Å². The van der Waals surface area contributed by atoms with Crippen molar-refractivity contribution in [3.05, 3.63) is 0 Å². The maximum atomic E-state index is 11.2. The average molecular weight is 414 g/mol. The van der Waals surface area contributed by atoms with Gasteiger partial charge < -0.3 is 15.7 Å². The van der Waals surface area contributed by atoms with E-state index >= 15 is 0 Å². The third-order valence-electron chi connectivity index (χ3n) is 3.71. The van der Waals surface area contributed by atoms with Crippen molar-refractivity contribution in [3.63, 3.8) is 0 Å². The number of carbonyl (C=O) groups is 3. The zero-order chi connectivity index (χ0) is 14.0. The summed E-state index contributed by atoms with van der Waals surface area (Å²) >= 11 is 1.80. The molecule has 4 atom stereocenters. The highest BCUT2D eigenvalue weighted by Gasteiger charge is 2.42. The molecule has 2 aliphatic rings. The van der Waals surface area contributed by atoms with E-state index in [4.69, 9.17) is 5.11 Å². The van der Waals surface area contributed by atoms with Crippen LogP contribution in [-0.4, -0.2) is 46.0 Å². The van der Waals surface area contributed by atoms with Crippen LogP contribution in [0.25, 0.3) is 0 Å². The highest BCUT2D eigenvalue weighted by Crippen LogP contribution is 2.33. The van der Waals surface area contributed by atoms with Crippen LogP contribution in [0.3, 0.4) is 0 Å². The average Bonchev–Trinajstić information content (AvgIpc) is 2.83. The first-order chi connectivity index (χ1) is 8.99. The fourth-order valence-electron chi connectivity index (χ4n) is 2.67. The highest BCUT2D eigenvalue weighted by atomic mass is 127. The lowest BCUT2D eigenvalue weighted by atomic mass is 9.96. The van der Waals surface area contributed by atoms with Gasteiger partial charge in [0.1, 0.15) is 11.7 Å². The Balaban J connectivity index is 0.00000200. The summed E-state index contributed by atoms with van der Waals surface area (Å²) in [5.74, 6) is -1.33. The number of halogens is 1. The van der Waals surface area contributed by atoms with Gasteiger partial charge >= 0.3 is 12.0 Å². The minimum absolute atomic E-state index is 0. The van der Waals surface area contributed by atoms with E-state index in [1.807, 2.05) is 0 Å². The summed E-state index contributed by atoms with van der Waals surface area (Å²) in [6.07, 6.45) is 1.89. The second-order valence-electron chi connectivity index (χ2n) is 5.05. The Hall–Kier alpha value is -0.510. The van der Waals surface area contributed by atoms with Gasteiger partial charge in [0, 0.05) is 11.0 Å². The van der Waals surface area contributed by atoms with Gasteiger partial charge in [-0.2, -0.15) is 11.8 Å². The van der Waals surface area contributed by atoms with Crippen molar-refractivity contribution in [2.24, 2.45) is 5.92 Å². The van der Waals surface area contributed by atoms with Crippen LogP contribution in [0.5, 0.6) is 0 Å². The molecule has 0 radical (unpaired) electrons. The Kier molecular flexibility index (Phi) is 6.56. The molecule has 8 heteroatoms. The minimum Gasteiger partial charge on any atom is -0.481 e. The maximum absolute atomic E-state index is 11.2. The molecule has 2 saturated heterocycles. The number of amides is 2. The number of hydrogen-bond acceptors (Lipinski definition) is 4. The number of aliphatic carboxylic acids is 1. The van der Waals surface area contributed by atoms with E-state index in [1.165, 1.54) is 6.92 Å². The molecule has 0 aromatic rings. The van der Waals surface area contributed by atoms with Crippen LogP contribution in [0.15, 0.2) is 0 Å². The van der Waals surface area contributed by atoms with E-state index in [-0.39, 0.29) is 47.9 Å². The molecule has 0 saturated carbocycles. The highest BCUT2D eigenvalue weighted by molar-refractivity contribution is 14.0. The molecule has 0 aromatic carbocycles. The molecule has 2 fully saturated rings. The summed E-state index contributed by atoms with van der Waals surface area (Å²) in [6.45, 7) is 1.32. The second kappa shape index (κ2) is 7.48. The molecular formula is C12H19IN2O4S. The van der Waals surface area contributed by atoms with Crippen molar-refractivity contribution in [3.8, 4) is 0 Å². The van der Waals surface area contributed by atoms with Gasteiger partial charge in [0.25, 0.3) is 0 Å². The zero-order valence-corrected chi connectivity index (χ0v) is 14.3. The largest absolute Gasteiger partial charge is 0.481 e. The topological polar surface area (TPSA) is 95.5 Å². The first-order valence-corrected chi connectivity index (χ1v) is 7.46. The monoisotopic (exact) mass is 414 g/mol. The molecule has 2 amide bonds. The molecule has 0 spiro atoms. The lowest BCUT2D eigenvalue weighted by molar-refractivity contribution is -0.146. The first kappa shape index (κ1) is 17.5. The Morgan fingerprint density at radius 2 is 2.15 bits per heavy atom. The molecular weight excluding hydrogens is 395 g/mol. The van der Waals surface area contributed by atoms with Gasteiger partial charge in [-0.15, -0.1) is 24.0 Å². The third-order valence-corrected chi connectivity index (χ3v) is 5.22. The summed E-state index contributed by atoms with van der Waals surface area (Å²) < 4.78 is 0. The van der Waals surface area contributed by atoms with Crippen LogP contribution in [0.4, 0.5) is 4.79 Å². The van der Waals surface area contributed by atoms with Crippen LogP contribution in [0.2, 0.25) is 0 Å². The van der Waals surface area contributed by atoms with Gasteiger partial charge in [0.05, 0.1) is 12.1 Å². The van der Waals surface area contributed by atoms with Crippen LogP contribution >= 0.6 is 35.7 Å². The van der Waals surface area contributed by atoms with Crippen LogP contribution in [-0.2, 0) is 9.59 Å². The van der Waals surface area contributed by atoms with Gasteiger partial charge in [0.15, 0.2) is 0 Å². The molecule has 1 unspecified atom stereocenters. The quantitative estimate of drug-likeness (QED) is 0.345. The smallest absolute Gasteiger partial charge is 0.315 e. The van der Waals surface area contributed by atoms with Gasteiger partial charge in [0.2, 0.25) is 0 Å². The van der Waals surface area contributed by atoms with E-state index < -0.39 is 11.9 Å². The number of thioether (sulfide) groups is 1. The van der Waals surface area contributed by atoms with Crippen molar-refractivity contribution >= 4 is 53.5 Å². The van der Waals surface area contributed by atoms with Crippen molar-refractivity contribution in [1.29, 1.82) is 0 Å². The van der Waals surface area contributed by atoms with Gasteiger partial charge in [-0.1, -0.05) is 6.42 Å². The second-order valence-corrected chi connectivity index (χ2v) is 6.33. The number of urea groups is 1. The molecule has 2 aliphatic heterocycles. The number of carbonyl (C=O) groups excluding carboxylic acids is 2. The fraction of sp³-hybridized carbons (Fsp3) is 0.750. The van der Waals surface area contributed by atoms with Crippen molar-refractivity contribution in [1.82, 2.24) is 10.6 Å². The number of rotatable bonds is 6. The molecule has 0 aliphatic carbocycles. The summed E-state index contributed by atoms with van der Waals surface area (Å²) in [4.78, 5) is 33.3. The molecule has 2 heterocycles. The summed E-state index contributed by atoms with van der Waals surface area (Å²) in [6, 6.07) is 0.205. The lowest BCUT2D eigenvalue weighted by Crippen LogP contribution is -2.36. The molecule has 6 nitrogen and oxygen atoms in total. The van der Waals surface area contributed by atoms with Crippen molar-refractivity contribution in [2.45, 2.75) is 43.5 Å². The zero-order valence-electron chi connectivity index (χ0n) is 11.1. The van der Waals surface area contributed by atoms with E-state index in [1.54, 1.807) is 11.8 Å². The Morgan fingerprint density at radius 1 is 1.45 bits per heavy atom. The van der Waals surface area contributed by atoms with Gasteiger partial charge in [-0.25, -0.2) is 4.79 Å². The minimum atomic E-state index is -1.04. The number of carboxylic acid groups (broad SMARTS) is 1. The summed E-state index contributed by atoms with van der Waals surface area (Å²) in [7, 11) is 0. The molecule has 2 rings (SSSR count). The predicted octanol–water partition coefficient (Wildman–Crippen LogP) is 1.23. The SMILES string of the molecule is CC(=O)C(CCC[C@@H]1SC[C@@H]2NC(=O)N[C@@H]21)C(=O)O.I. The maximum Gasteiger partial charge on any atom is 0.315 e. The number of hydrogen-bond donors (Lipinski definition) is 3. The van der Waals surface area contributed by atoms with E-state index in [2.05, 4.69) is 10.6 Å². The lowest BCUT2D eigenvalue weighted by Gasteiger charge is -2.17. The molecule has 0 aromatic heterocycles. The first-order valence-electron chi connectivity index (χ1n) is 6.41. The van der Waals surface area contributed by atoms with Gasteiger partial charge in [-0.3, -0.25) is 9.59 Å². The Morgan fingerprint density at radius 3 is 2.75 bits per heavy atom. The Bertz CT molecular complexity index is 393. The van der Waals surface area contributed by atoms with Crippen molar-refractivity contribution in [2.75, 3.05) is 5.75 Å². The number of Topliss-reactive ketones (excluding diaryl/α,β-unsaturated/α-hetero) is 1. The Labute approximate surface area is 138 Å². The van der Waals surface area contributed by atoms with Crippen LogP contribution < -0.4 is 10.6 Å². The normalized spacial score (nSPS) is 28.9. The number of fused-ring (bicyclic) bond motifs is 1. The van der Waals surface area contributed by atoms with Crippen LogP contribution in [0.1, 0.15) is 26.2 Å². The van der Waals surface area contributed by atoms with E-state index in [0.29, 0.717) is 18.1 Å². The number of carboxylic acids is 1. The number of ketones is 1. The molecule has 0 bridgehead atoms. The van der Waals surface area contributed by atoms with E-state index in [9.17, 15) is 14.4 Å². The number of nitrogens with one attached hydrogen (secondary N) is 2. The third kappa shape index (κ3) is 4.00. The fourth-order valence-corrected chi connectivity index (χ4v) is 4.21. The predicted molar refractivity (Wildman–Crippen MR) is 86.6 cm³/mol. The van der Waals surface area contributed by atoms with E-state index in [0.717, 1.165) is 12.2 Å². The molecule has 3 N–H and O–H groups in total. The summed E-state index contributed by atoms with van der Waals surface area (Å²) in [5.41, 5.74) is 0. The standard InChI is InChI=1S/C12H18N2O4S.HI/c1-6(15)7(11(16)17)3-2-4-9-10-8(5-19-9)13-12(18)14-10;/h7-10H,2-5H2,1H3,(H,16,17)(H2,13,14,18);1H/t7?,8-,9-,10-;/m0./s1. The summed E-state index contributed by atoms with van der Waals surface area (Å²) in [5, 5.41) is 15.0. The molecule has 114 valence electrons. The molecule has 20 heavy (non-hydrogen) atoms. The van der Waals surface area contributed by atoms with Crippen molar-refractivity contribution < 1.29 is 19.5 Å². The van der Waals surface area contributed by atoms with Crippen LogP contribution in [0, 0.1) is 5.92 Å².